The molecule has 1 unspecified atom stereocenters. The first kappa shape index (κ1) is 21.0. The molecular formula is C22H27IN4S. The highest BCUT2D eigenvalue weighted by atomic mass is 127. The summed E-state index contributed by atoms with van der Waals surface area (Å²) in [7, 11) is 1.88. The van der Waals surface area contributed by atoms with Crippen molar-refractivity contribution in [2.45, 2.75) is 25.2 Å². The molecule has 1 fully saturated rings. The predicted molar refractivity (Wildman–Crippen MR) is 130 cm³/mol. The maximum atomic E-state index is 4.72. The molecule has 0 spiro atoms. The molecule has 2 heterocycles. The smallest absolute Gasteiger partial charge is 0.193 e. The minimum absolute atomic E-state index is 0. The van der Waals surface area contributed by atoms with Crippen molar-refractivity contribution >= 4 is 51.5 Å². The van der Waals surface area contributed by atoms with Gasteiger partial charge in [0.05, 0.1) is 15.2 Å². The molecule has 0 amide bonds. The third kappa shape index (κ3) is 5.03. The molecule has 1 saturated heterocycles. The fourth-order valence-corrected chi connectivity index (χ4v) is 4.76. The second-order valence-electron chi connectivity index (χ2n) is 7.00. The van der Waals surface area contributed by atoms with Crippen molar-refractivity contribution in [3.63, 3.8) is 0 Å². The van der Waals surface area contributed by atoms with Crippen LogP contribution in [0.2, 0.25) is 0 Å². The van der Waals surface area contributed by atoms with Crippen LogP contribution in [-0.2, 0) is 6.42 Å². The van der Waals surface area contributed by atoms with Crippen LogP contribution in [0.3, 0.4) is 0 Å². The summed E-state index contributed by atoms with van der Waals surface area (Å²) >= 11 is 1.81. The number of para-hydroxylation sites is 1. The molecule has 4 rings (SSSR count). The summed E-state index contributed by atoms with van der Waals surface area (Å²) in [5.74, 6) is 1.63. The zero-order chi connectivity index (χ0) is 18.5. The van der Waals surface area contributed by atoms with E-state index in [-0.39, 0.29) is 24.0 Å². The molecule has 6 heteroatoms. The fourth-order valence-electron chi connectivity index (χ4n) is 3.75. The van der Waals surface area contributed by atoms with Gasteiger partial charge in [0.15, 0.2) is 5.96 Å². The number of benzene rings is 2. The van der Waals surface area contributed by atoms with Gasteiger partial charge in [-0.1, -0.05) is 42.5 Å². The first-order valence-corrected chi connectivity index (χ1v) is 10.5. The molecule has 3 aromatic rings. The summed E-state index contributed by atoms with van der Waals surface area (Å²) < 4.78 is 1.28. The number of rotatable bonds is 5. The molecule has 0 saturated carbocycles. The zero-order valence-electron chi connectivity index (χ0n) is 16.2. The number of aliphatic imine (C=N–C) groups is 1. The Hall–Kier alpha value is -1.67. The lowest BCUT2D eigenvalue weighted by atomic mass is 9.99. The van der Waals surface area contributed by atoms with Crippen LogP contribution in [-0.4, -0.2) is 42.5 Å². The summed E-state index contributed by atoms with van der Waals surface area (Å²) in [6.07, 6.45) is 3.27. The molecule has 28 heavy (non-hydrogen) atoms. The maximum absolute atomic E-state index is 4.72. The van der Waals surface area contributed by atoms with E-state index in [4.69, 9.17) is 4.98 Å². The lowest BCUT2D eigenvalue weighted by molar-refractivity contribution is 0.485. The van der Waals surface area contributed by atoms with Crippen LogP contribution in [0.4, 0.5) is 0 Å². The summed E-state index contributed by atoms with van der Waals surface area (Å²) in [6, 6.07) is 19.2. The van der Waals surface area contributed by atoms with Gasteiger partial charge in [-0.15, -0.1) is 35.3 Å². The molecule has 4 nitrogen and oxygen atoms in total. The molecule has 1 aliphatic rings. The minimum Gasteiger partial charge on any atom is -0.356 e. The molecule has 1 atom stereocenters. The summed E-state index contributed by atoms with van der Waals surface area (Å²) in [6.45, 7) is 3.04. The molecule has 0 aliphatic carbocycles. The fraction of sp³-hybridized carbons (Fsp3) is 0.364. The van der Waals surface area contributed by atoms with Gasteiger partial charge in [0.1, 0.15) is 0 Å². The Morgan fingerprint density at radius 3 is 2.75 bits per heavy atom. The highest BCUT2D eigenvalue weighted by molar-refractivity contribution is 14.0. The molecule has 148 valence electrons. The number of aromatic nitrogens is 1. The van der Waals surface area contributed by atoms with E-state index in [0.717, 1.165) is 44.0 Å². The van der Waals surface area contributed by atoms with Gasteiger partial charge in [0, 0.05) is 39.0 Å². The standard InChI is InChI=1S/C22H26N4S.HI/c1-23-22(26-15-13-18(16-26)17-8-3-2-4-9-17)24-14-7-12-21-25-19-10-5-6-11-20(19)27-21;/h2-6,8-11,18H,7,12-16H2,1H3,(H,23,24);1H. The van der Waals surface area contributed by atoms with Gasteiger partial charge in [-0.05, 0) is 30.5 Å². The number of thiazole rings is 1. The normalized spacial score (nSPS) is 17.0. The van der Waals surface area contributed by atoms with Crippen LogP contribution in [0.5, 0.6) is 0 Å². The maximum Gasteiger partial charge on any atom is 0.193 e. The van der Waals surface area contributed by atoms with Gasteiger partial charge in [-0.25, -0.2) is 4.98 Å². The van der Waals surface area contributed by atoms with Gasteiger partial charge < -0.3 is 10.2 Å². The third-order valence-electron chi connectivity index (χ3n) is 5.16. The molecule has 2 aromatic carbocycles. The van der Waals surface area contributed by atoms with Crippen molar-refractivity contribution < 1.29 is 0 Å². The van der Waals surface area contributed by atoms with E-state index < -0.39 is 0 Å². The van der Waals surface area contributed by atoms with Crippen molar-refractivity contribution in [2.24, 2.45) is 4.99 Å². The Kier molecular flexibility index (Phi) is 7.67. The van der Waals surface area contributed by atoms with Crippen LogP contribution < -0.4 is 5.32 Å². The predicted octanol–water partition coefficient (Wildman–Crippen LogP) is 4.91. The summed E-state index contributed by atoms with van der Waals surface area (Å²) in [5, 5.41) is 4.76. The Balaban J connectivity index is 0.00000225. The number of fused-ring (bicyclic) bond motifs is 1. The lowest BCUT2D eigenvalue weighted by Gasteiger charge is -2.21. The van der Waals surface area contributed by atoms with E-state index in [1.807, 2.05) is 7.05 Å². The van der Waals surface area contributed by atoms with E-state index in [1.54, 1.807) is 11.3 Å². The second-order valence-corrected chi connectivity index (χ2v) is 8.11. The van der Waals surface area contributed by atoms with Crippen LogP contribution >= 0.6 is 35.3 Å². The zero-order valence-corrected chi connectivity index (χ0v) is 19.3. The Labute approximate surface area is 188 Å². The van der Waals surface area contributed by atoms with Gasteiger partial charge in [-0.2, -0.15) is 0 Å². The number of guanidine groups is 1. The van der Waals surface area contributed by atoms with Crippen molar-refractivity contribution in [1.82, 2.24) is 15.2 Å². The van der Waals surface area contributed by atoms with Crippen molar-refractivity contribution in [3.8, 4) is 0 Å². The molecule has 0 radical (unpaired) electrons. The summed E-state index contributed by atoms with van der Waals surface area (Å²) in [5.41, 5.74) is 2.55. The average molecular weight is 506 g/mol. The Morgan fingerprint density at radius 2 is 1.96 bits per heavy atom. The average Bonchev–Trinajstić information content (AvgIpc) is 3.35. The lowest BCUT2D eigenvalue weighted by Crippen LogP contribution is -2.40. The van der Waals surface area contributed by atoms with Crippen molar-refractivity contribution in [2.75, 3.05) is 26.7 Å². The Bertz CT molecular complexity index is 876. The van der Waals surface area contributed by atoms with Gasteiger partial charge >= 0.3 is 0 Å². The van der Waals surface area contributed by atoms with E-state index in [0.29, 0.717) is 5.92 Å². The molecular weight excluding hydrogens is 479 g/mol. The van der Waals surface area contributed by atoms with E-state index in [9.17, 15) is 0 Å². The first-order valence-electron chi connectivity index (χ1n) is 9.68. The summed E-state index contributed by atoms with van der Waals surface area (Å²) in [4.78, 5) is 11.6. The molecule has 1 aliphatic heterocycles. The SMILES string of the molecule is CN=C(NCCCc1nc2ccccc2s1)N1CCC(c2ccccc2)C1.I. The van der Waals surface area contributed by atoms with E-state index in [1.165, 1.54) is 21.7 Å². The number of aryl methyl sites for hydroxylation is 1. The number of nitrogens with one attached hydrogen (secondary N) is 1. The quantitative estimate of drug-likeness (QED) is 0.231. The van der Waals surface area contributed by atoms with Crippen molar-refractivity contribution in [3.05, 3.63) is 65.2 Å². The van der Waals surface area contributed by atoms with Crippen LogP contribution in [0.15, 0.2) is 59.6 Å². The Morgan fingerprint density at radius 1 is 1.18 bits per heavy atom. The number of hydrogen-bond donors (Lipinski definition) is 1. The van der Waals surface area contributed by atoms with E-state index >= 15 is 0 Å². The first-order chi connectivity index (χ1) is 13.3. The highest BCUT2D eigenvalue weighted by Gasteiger charge is 2.25. The number of halogens is 1. The number of nitrogens with zero attached hydrogens (tertiary/aromatic N) is 3. The van der Waals surface area contributed by atoms with Crippen LogP contribution in [0, 0.1) is 0 Å². The molecule has 1 N–H and O–H groups in total. The van der Waals surface area contributed by atoms with E-state index in [2.05, 4.69) is 69.8 Å². The molecule has 0 bridgehead atoms. The highest BCUT2D eigenvalue weighted by Crippen LogP contribution is 2.27. The van der Waals surface area contributed by atoms with Gasteiger partial charge in [0.25, 0.3) is 0 Å². The number of hydrogen-bond acceptors (Lipinski definition) is 3. The number of likely N-dealkylation sites (tertiary alicyclic amines) is 1. The van der Waals surface area contributed by atoms with Crippen molar-refractivity contribution in [1.29, 1.82) is 0 Å². The largest absolute Gasteiger partial charge is 0.356 e. The minimum atomic E-state index is 0. The third-order valence-corrected chi connectivity index (χ3v) is 6.26. The van der Waals surface area contributed by atoms with Gasteiger partial charge in [-0.3, -0.25) is 4.99 Å². The topological polar surface area (TPSA) is 40.5 Å². The van der Waals surface area contributed by atoms with Crippen LogP contribution in [0.1, 0.15) is 29.3 Å². The van der Waals surface area contributed by atoms with Crippen LogP contribution in [0.25, 0.3) is 10.2 Å². The second kappa shape index (κ2) is 10.2. The monoisotopic (exact) mass is 506 g/mol. The van der Waals surface area contributed by atoms with Gasteiger partial charge in [0.2, 0.25) is 0 Å². The molecule has 1 aromatic heterocycles.